The lowest BCUT2D eigenvalue weighted by atomic mass is 10.1. The summed E-state index contributed by atoms with van der Waals surface area (Å²) in [6.45, 7) is 5.35. The molecular formula is C15H22N2O4. The monoisotopic (exact) mass is 294 g/mol. The molecular weight excluding hydrogens is 272 g/mol. The second-order valence-corrected chi connectivity index (χ2v) is 4.43. The highest BCUT2D eigenvalue weighted by Gasteiger charge is 2.15. The maximum atomic E-state index is 12.0. The average molecular weight is 294 g/mol. The predicted molar refractivity (Wildman–Crippen MR) is 79.5 cm³/mol. The smallest absolute Gasteiger partial charge is 0.255 e. The highest BCUT2D eigenvalue weighted by molar-refractivity contribution is 5.97. The molecule has 0 aliphatic carbocycles. The molecule has 1 aromatic rings. The van der Waals surface area contributed by atoms with Crippen LogP contribution in [0.2, 0.25) is 0 Å². The Morgan fingerprint density at radius 1 is 1.29 bits per heavy atom. The summed E-state index contributed by atoms with van der Waals surface area (Å²) in [5.41, 5.74) is 0.129. The molecule has 2 N–H and O–H groups in total. The predicted octanol–water partition coefficient (Wildman–Crippen LogP) is 1.39. The molecule has 21 heavy (non-hydrogen) atoms. The van der Waals surface area contributed by atoms with Gasteiger partial charge in [-0.25, -0.2) is 0 Å². The van der Waals surface area contributed by atoms with Gasteiger partial charge in [-0.15, -0.1) is 0 Å². The van der Waals surface area contributed by atoms with Crippen molar-refractivity contribution in [1.29, 1.82) is 0 Å². The first-order chi connectivity index (χ1) is 10.0. The van der Waals surface area contributed by atoms with Crippen molar-refractivity contribution in [3.63, 3.8) is 0 Å². The van der Waals surface area contributed by atoms with Crippen LogP contribution >= 0.6 is 0 Å². The minimum Gasteiger partial charge on any atom is -0.504 e. The normalized spacial score (nSPS) is 10.0. The molecule has 0 aliphatic heterocycles. The molecule has 0 saturated heterocycles. The van der Waals surface area contributed by atoms with Crippen molar-refractivity contribution in [3.05, 3.63) is 23.8 Å². The van der Waals surface area contributed by atoms with Crippen LogP contribution in [0.4, 0.5) is 0 Å². The van der Waals surface area contributed by atoms with Crippen molar-refractivity contribution < 1.29 is 19.4 Å². The van der Waals surface area contributed by atoms with E-state index < -0.39 is 5.91 Å². The number of carbonyl (C=O) groups excluding carboxylic acids is 2. The molecule has 2 amide bonds. The standard InChI is InChI=1S/C15H22N2O4/c1-4-17(5-2)13(18)9-10-16-15(20)11-7-6-8-12(21-3)14(11)19/h6-8,19H,4-5,9-10H2,1-3H3,(H,16,20). The van der Waals surface area contributed by atoms with Crippen LogP contribution in [0.15, 0.2) is 18.2 Å². The molecule has 0 atom stereocenters. The molecule has 0 spiro atoms. The first-order valence-electron chi connectivity index (χ1n) is 6.97. The van der Waals surface area contributed by atoms with E-state index in [9.17, 15) is 14.7 Å². The maximum absolute atomic E-state index is 12.0. The van der Waals surface area contributed by atoms with E-state index in [1.807, 2.05) is 13.8 Å². The van der Waals surface area contributed by atoms with E-state index in [-0.39, 0.29) is 35.9 Å². The van der Waals surface area contributed by atoms with E-state index in [0.717, 1.165) is 0 Å². The number of phenolic OH excluding ortho intramolecular Hbond substituents is 1. The Hall–Kier alpha value is -2.24. The summed E-state index contributed by atoms with van der Waals surface area (Å²) in [5, 5.41) is 12.5. The Labute approximate surface area is 124 Å². The lowest BCUT2D eigenvalue weighted by molar-refractivity contribution is -0.130. The van der Waals surface area contributed by atoms with E-state index in [4.69, 9.17) is 4.74 Å². The summed E-state index contributed by atoms with van der Waals surface area (Å²) in [4.78, 5) is 25.5. The van der Waals surface area contributed by atoms with Gasteiger partial charge in [0, 0.05) is 26.1 Å². The third-order valence-corrected chi connectivity index (χ3v) is 3.20. The Morgan fingerprint density at radius 2 is 1.95 bits per heavy atom. The Balaban J connectivity index is 2.57. The molecule has 0 bridgehead atoms. The topological polar surface area (TPSA) is 78.9 Å². The lowest BCUT2D eigenvalue weighted by Crippen LogP contribution is -2.34. The van der Waals surface area contributed by atoms with E-state index in [1.54, 1.807) is 17.0 Å². The van der Waals surface area contributed by atoms with Gasteiger partial charge in [-0.2, -0.15) is 0 Å². The fraction of sp³-hybridized carbons (Fsp3) is 0.467. The average Bonchev–Trinajstić information content (AvgIpc) is 2.48. The van der Waals surface area contributed by atoms with Gasteiger partial charge in [-0.1, -0.05) is 6.07 Å². The molecule has 6 nitrogen and oxygen atoms in total. The number of phenols is 1. The van der Waals surface area contributed by atoms with Gasteiger partial charge >= 0.3 is 0 Å². The molecule has 6 heteroatoms. The third kappa shape index (κ3) is 4.37. The van der Waals surface area contributed by atoms with Gasteiger partial charge in [-0.05, 0) is 26.0 Å². The number of para-hydroxylation sites is 1. The number of rotatable bonds is 7. The summed E-state index contributed by atoms with van der Waals surface area (Å²) in [7, 11) is 1.42. The summed E-state index contributed by atoms with van der Waals surface area (Å²) >= 11 is 0. The zero-order valence-electron chi connectivity index (χ0n) is 12.7. The van der Waals surface area contributed by atoms with Gasteiger partial charge in [0.1, 0.15) is 0 Å². The van der Waals surface area contributed by atoms with E-state index in [1.165, 1.54) is 13.2 Å². The highest BCUT2D eigenvalue weighted by Crippen LogP contribution is 2.29. The molecule has 0 aromatic heterocycles. The van der Waals surface area contributed by atoms with Gasteiger partial charge in [0.2, 0.25) is 5.91 Å². The van der Waals surface area contributed by atoms with Crippen LogP contribution in [0.25, 0.3) is 0 Å². The molecule has 0 heterocycles. The molecule has 116 valence electrons. The van der Waals surface area contributed by atoms with Gasteiger partial charge in [0.25, 0.3) is 5.91 Å². The summed E-state index contributed by atoms with van der Waals surface area (Å²) in [6, 6.07) is 4.68. The number of benzene rings is 1. The first-order valence-corrected chi connectivity index (χ1v) is 6.97. The summed E-state index contributed by atoms with van der Waals surface area (Å²) in [6.07, 6.45) is 0.234. The van der Waals surface area contributed by atoms with E-state index >= 15 is 0 Å². The Kier molecular flexibility index (Phi) is 6.52. The lowest BCUT2D eigenvalue weighted by Gasteiger charge is -2.18. The Bertz CT molecular complexity index is 498. The van der Waals surface area contributed by atoms with Crippen molar-refractivity contribution in [2.45, 2.75) is 20.3 Å². The van der Waals surface area contributed by atoms with Crippen molar-refractivity contribution >= 4 is 11.8 Å². The van der Waals surface area contributed by atoms with Crippen LogP contribution in [0.3, 0.4) is 0 Å². The summed E-state index contributed by atoms with van der Waals surface area (Å²) in [5.74, 6) is -0.400. The number of carbonyl (C=O) groups is 2. The molecule has 1 aromatic carbocycles. The molecule has 0 fully saturated rings. The van der Waals surface area contributed by atoms with E-state index in [0.29, 0.717) is 13.1 Å². The molecule has 0 radical (unpaired) electrons. The van der Waals surface area contributed by atoms with Crippen LogP contribution in [0.5, 0.6) is 11.5 Å². The number of nitrogens with one attached hydrogen (secondary N) is 1. The van der Waals surface area contributed by atoms with Crippen molar-refractivity contribution in [2.75, 3.05) is 26.7 Å². The largest absolute Gasteiger partial charge is 0.504 e. The van der Waals surface area contributed by atoms with Crippen LogP contribution < -0.4 is 10.1 Å². The number of ether oxygens (including phenoxy) is 1. The van der Waals surface area contributed by atoms with Crippen LogP contribution in [0.1, 0.15) is 30.6 Å². The number of aromatic hydroxyl groups is 1. The van der Waals surface area contributed by atoms with E-state index in [2.05, 4.69) is 5.32 Å². The van der Waals surface area contributed by atoms with Crippen LogP contribution in [-0.2, 0) is 4.79 Å². The molecule has 0 saturated carbocycles. The number of hydrogen-bond acceptors (Lipinski definition) is 4. The molecule has 0 aliphatic rings. The summed E-state index contributed by atoms with van der Waals surface area (Å²) < 4.78 is 4.95. The fourth-order valence-corrected chi connectivity index (χ4v) is 1.98. The molecule has 0 unspecified atom stereocenters. The van der Waals surface area contributed by atoms with Gasteiger partial charge in [0.05, 0.1) is 12.7 Å². The maximum Gasteiger partial charge on any atom is 0.255 e. The van der Waals surface area contributed by atoms with Crippen molar-refractivity contribution in [1.82, 2.24) is 10.2 Å². The van der Waals surface area contributed by atoms with Gasteiger partial charge in [-0.3, -0.25) is 9.59 Å². The van der Waals surface area contributed by atoms with Crippen molar-refractivity contribution in [3.8, 4) is 11.5 Å². The first kappa shape index (κ1) is 16.8. The highest BCUT2D eigenvalue weighted by atomic mass is 16.5. The zero-order chi connectivity index (χ0) is 15.8. The van der Waals surface area contributed by atoms with Crippen LogP contribution in [-0.4, -0.2) is 48.6 Å². The third-order valence-electron chi connectivity index (χ3n) is 3.20. The number of methoxy groups -OCH3 is 1. The number of amides is 2. The number of hydrogen-bond donors (Lipinski definition) is 2. The van der Waals surface area contributed by atoms with Crippen molar-refractivity contribution in [2.24, 2.45) is 0 Å². The number of nitrogens with zero attached hydrogens (tertiary/aromatic N) is 1. The van der Waals surface area contributed by atoms with Gasteiger partial charge < -0.3 is 20.1 Å². The zero-order valence-corrected chi connectivity index (χ0v) is 12.7. The quantitative estimate of drug-likeness (QED) is 0.796. The SMILES string of the molecule is CCN(CC)C(=O)CCNC(=O)c1cccc(OC)c1O. The minimum atomic E-state index is -0.432. The second kappa shape index (κ2) is 8.14. The second-order valence-electron chi connectivity index (χ2n) is 4.43. The van der Waals surface area contributed by atoms with Gasteiger partial charge in [0.15, 0.2) is 11.5 Å². The fourth-order valence-electron chi connectivity index (χ4n) is 1.98. The Morgan fingerprint density at radius 3 is 2.52 bits per heavy atom. The minimum absolute atomic E-state index is 0.00448. The van der Waals surface area contributed by atoms with Crippen LogP contribution in [0, 0.1) is 0 Å². The molecule has 1 rings (SSSR count).